The third-order valence-electron chi connectivity index (χ3n) is 3.31. The molecule has 1 aromatic carbocycles. The van der Waals surface area contributed by atoms with E-state index in [0.717, 1.165) is 5.01 Å². The van der Waals surface area contributed by atoms with Crippen molar-refractivity contribution in [2.75, 3.05) is 0 Å². The van der Waals surface area contributed by atoms with Crippen LogP contribution in [-0.4, -0.2) is 11.0 Å². The van der Waals surface area contributed by atoms with Gasteiger partial charge in [0.15, 0.2) is 0 Å². The summed E-state index contributed by atoms with van der Waals surface area (Å²) in [5, 5.41) is 6.77. The van der Waals surface area contributed by atoms with E-state index >= 15 is 0 Å². The van der Waals surface area contributed by atoms with Gasteiger partial charge in [0.25, 0.3) is 0 Å². The summed E-state index contributed by atoms with van der Waals surface area (Å²) in [5.74, 6) is 0. The fourth-order valence-electron chi connectivity index (χ4n) is 2.20. The Kier molecular flexibility index (Phi) is 4.61. The Morgan fingerprint density at radius 3 is 2.20 bits per heavy atom. The van der Waals surface area contributed by atoms with Crippen molar-refractivity contribution in [3.8, 4) is 0 Å². The molecule has 0 fully saturated rings. The lowest BCUT2D eigenvalue weighted by molar-refractivity contribution is 0.526. The van der Waals surface area contributed by atoms with Crippen LogP contribution in [0.5, 0.6) is 0 Å². The molecule has 0 spiro atoms. The van der Waals surface area contributed by atoms with Crippen LogP contribution in [-0.2, 0) is 5.41 Å². The monoisotopic (exact) mass is 288 g/mol. The first-order valence-electron chi connectivity index (χ1n) is 7.14. The fourth-order valence-corrected chi connectivity index (χ4v) is 2.92. The standard InChI is InChI=1S/C17H24N2S/c1-12(2)19-15(16-18-10-11-20-16)13-6-8-14(9-7-13)17(3,4)5/h6-12,15,19H,1-5H3. The molecule has 0 bridgehead atoms. The number of aromatic nitrogens is 1. The van der Waals surface area contributed by atoms with E-state index in [2.05, 4.69) is 69.2 Å². The molecular formula is C17H24N2S. The van der Waals surface area contributed by atoms with E-state index in [0.29, 0.717) is 6.04 Å². The summed E-state index contributed by atoms with van der Waals surface area (Å²) >= 11 is 1.70. The van der Waals surface area contributed by atoms with E-state index in [-0.39, 0.29) is 11.5 Å². The van der Waals surface area contributed by atoms with Crippen molar-refractivity contribution >= 4 is 11.3 Å². The van der Waals surface area contributed by atoms with Gasteiger partial charge in [-0.15, -0.1) is 11.3 Å². The topological polar surface area (TPSA) is 24.9 Å². The largest absolute Gasteiger partial charge is 0.302 e. The molecular weight excluding hydrogens is 264 g/mol. The first kappa shape index (κ1) is 15.2. The van der Waals surface area contributed by atoms with Crippen LogP contribution >= 0.6 is 11.3 Å². The van der Waals surface area contributed by atoms with E-state index in [9.17, 15) is 0 Å². The molecule has 1 N–H and O–H groups in total. The van der Waals surface area contributed by atoms with E-state index in [4.69, 9.17) is 0 Å². The van der Waals surface area contributed by atoms with Crippen LogP contribution < -0.4 is 5.32 Å². The van der Waals surface area contributed by atoms with Gasteiger partial charge >= 0.3 is 0 Å². The number of nitrogens with zero attached hydrogens (tertiary/aromatic N) is 1. The van der Waals surface area contributed by atoms with Crippen molar-refractivity contribution in [1.82, 2.24) is 10.3 Å². The van der Waals surface area contributed by atoms with Crippen LogP contribution in [0.25, 0.3) is 0 Å². The van der Waals surface area contributed by atoms with Gasteiger partial charge in [0.05, 0.1) is 6.04 Å². The second kappa shape index (κ2) is 6.06. The van der Waals surface area contributed by atoms with Crippen LogP contribution in [0.1, 0.15) is 56.8 Å². The summed E-state index contributed by atoms with van der Waals surface area (Å²) in [4.78, 5) is 4.47. The summed E-state index contributed by atoms with van der Waals surface area (Å²) < 4.78 is 0. The predicted molar refractivity (Wildman–Crippen MR) is 87.4 cm³/mol. The van der Waals surface area contributed by atoms with Gasteiger partial charge in [-0.2, -0.15) is 0 Å². The van der Waals surface area contributed by atoms with E-state index in [1.54, 1.807) is 11.3 Å². The number of nitrogens with one attached hydrogen (secondary N) is 1. The summed E-state index contributed by atoms with van der Waals surface area (Å²) in [6.45, 7) is 11.1. The van der Waals surface area contributed by atoms with E-state index in [1.807, 2.05) is 11.6 Å². The van der Waals surface area contributed by atoms with Gasteiger partial charge in [0, 0.05) is 17.6 Å². The Labute approximate surface area is 126 Å². The van der Waals surface area contributed by atoms with Crippen molar-refractivity contribution in [3.05, 3.63) is 52.0 Å². The lowest BCUT2D eigenvalue weighted by atomic mass is 9.86. The van der Waals surface area contributed by atoms with Gasteiger partial charge in [-0.3, -0.25) is 0 Å². The average molecular weight is 288 g/mol. The van der Waals surface area contributed by atoms with Crippen LogP contribution in [0.15, 0.2) is 35.8 Å². The second-order valence-electron chi connectivity index (χ2n) is 6.50. The first-order valence-corrected chi connectivity index (χ1v) is 8.02. The van der Waals surface area contributed by atoms with E-state index in [1.165, 1.54) is 11.1 Å². The highest BCUT2D eigenvalue weighted by atomic mass is 32.1. The Morgan fingerprint density at radius 2 is 1.75 bits per heavy atom. The van der Waals surface area contributed by atoms with Gasteiger partial charge in [-0.05, 0) is 30.4 Å². The summed E-state index contributed by atoms with van der Waals surface area (Å²) in [7, 11) is 0. The molecule has 0 saturated heterocycles. The molecule has 0 aliphatic rings. The van der Waals surface area contributed by atoms with Crippen LogP contribution in [0.4, 0.5) is 0 Å². The highest BCUT2D eigenvalue weighted by molar-refractivity contribution is 7.09. The molecule has 1 heterocycles. The minimum absolute atomic E-state index is 0.184. The average Bonchev–Trinajstić information content (AvgIpc) is 2.88. The first-order chi connectivity index (χ1) is 9.38. The Bertz CT molecular complexity index is 521. The van der Waals surface area contributed by atoms with Crippen molar-refractivity contribution in [2.45, 2.75) is 52.1 Å². The van der Waals surface area contributed by atoms with E-state index < -0.39 is 0 Å². The maximum atomic E-state index is 4.47. The summed E-state index contributed by atoms with van der Waals surface area (Å²) in [6, 6.07) is 9.52. The molecule has 1 unspecified atom stereocenters. The molecule has 20 heavy (non-hydrogen) atoms. The van der Waals surface area contributed by atoms with Crippen molar-refractivity contribution in [1.29, 1.82) is 0 Å². The zero-order chi connectivity index (χ0) is 14.8. The molecule has 1 atom stereocenters. The zero-order valence-electron chi connectivity index (χ0n) is 13.0. The SMILES string of the molecule is CC(C)NC(c1ccc(C(C)(C)C)cc1)c1nccs1. The smallest absolute Gasteiger partial charge is 0.114 e. The predicted octanol–water partition coefficient (Wildman–Crippen LogP) is 4.53. The Hall–Kier alpha value is -1.19. The van der Waals surface area contributed by atoms with Crippen molar-refractivity contribution in [3.63, 3.8) is 0 Å². The summed E-state index contributed by atoms with van der Waals surface area (Å²) in [5.41, 5.74) is 2.84. The molecule has 1 aromatic heterocycles. The molecule has 2 aromatic rings. The lowest BCUT2D eigenvalue weighted by Crippen LogP contribution is -2.29. The minimum Gasteiger partial charge on any atom is -0.302 e. The van der Waals surface area contributed by atoms with Gasteiger partial charge in [-0.1, -0.05) is 45.0 Å². The summed E-state index contributed by atoms with van der Waals surface area (Å²) in [6.07, 6.45) is 1.87. The molecule has 0 amide bonds. The fraction of sp³-hybridized carbons (Fsp3) is 0.471. The highest BCUT2D eigenvalue weighted by Gasteiger charge is 2.19. The Balaban J connectivity index is 2.30. The molecule has 0 aliphatic carbocycles. The van der Waals surface area contributed by atoms with Gasteiger partial charge in [-0.25, -0.2) is 4.98 Å². The van der Waals surface area contributed by atoms with Crippen molar-refractivity contribution in [2.24, 2.45) is 0 Å². The second-order valence-corrected chi connectivity index (χ2v) is 7.42. The normalized spacial score (nSPS) is 13.7. The molecule has 2 rings (SSSR count). The third kappa shape index (κ3) is 3.68. The number of hydrogen-bond acceptors (Lipinski definition) is 3. The molecule has 2 nitrogen and oxygen atoms in total. The molecule has 108 valence electrons. The maximum absolute atomic E-state index is 4.47. The van der Waals surface area contributed by atoms with Gasteiger partial charge in [0.2, 0.25) is 0 Å². The van der Waals surface area contributed by atoms with Crippen LogP contribution in [0, 0.1) is 0 Å². The number of benzene rings is 1. The number of thiazole rings is 1. The van der Waals surface area contributed by atoms with Crippen LogP contribution in [0.2, 0.25) is 0 Å². The quantitative estimate of drug-likeness (QED) is 0.894. The number of hydrogen-bond donors (Lipinski definition) is 1. The third-order valence-corrected chi connectivity index (χ3v) is 4.15. The minimum atomic E-state index is 0.184. The van der Waals surface area contributed by atoms with Crippen LogP contribution in [0.3, 0.4) is 0 Å². The van der Waals surface area contributed by atoms with Gasteiger partial charge in [0.1, 0.15) is 5.01 Å². The highest BCUT2D eigenvalue weighted by Crippen LogP contribution is 2.28. The maximum Gasteiger partial charge on any atom is 0.114 e. The molecule has 0 radical (unpaired) electrons. The van der Waals surface area contributed by atoms with Crippen molar-refractivity contribution < 1.29 is 0 Å². The molecule has 0 saturated carbocycles. The number of rotatable bonds is 4. The zero-order valence-corrected chi connectivity index (χ0v) is 13.8. The molecule has 3 heteroatoms. The molecule has 0 aliphatic heterocycles. The lowest BCUT2D eigenvalue weighted by Gasteiger charge is -2.22. The Morgan fingerprint density at radius 1 is 1.10 bits per heavy atom. The van der Waals surface area contributed by atoms with Gasteiger partial charge < -0.3 is 5.32 Å².